The van der Waals surface area contributed by atoms with Crippen LogP contribution in [0.4, 0.5) is 0 Å². The fraction of sp³-hybridized carbons (Fsp3) is 0.750. The molecule has 0 amide bonds. The van der Waals surface area contributed by atoms with Crippen molar-refractivity contribution in [3.63, 3.8) is 0 Å². The molecule has 0 aromatic heterocycles. The Hall–Kier alpha value is -1.14. The first kappa shape index (κ1) is 10.9. The second-order valence-corrected chi connectivity index (χ2v) is 3.34. The Balaban J connectivity index is 2.83. The second-order valence-electron chi connectivity index (χ2n) is 3.34. The van der Waals surface area contributed by atoms with E-state index in [2.05, 4.69) is 4.74 Å². The van der Waals surface area contributed by atoms with E-state index in [4.69, 9.17) is 14.6 Å². The molecule has 1 fully saturated rings. The number of carboxylic acid groups (broad SMARTS) is 1. The third kappa shape index (κ3) is 2.02. The van der Waals surface area contributed by atoms with Gasteiger partial charge in [0, 0.05) is 0 Å². The molecular formula is C8H12O6. The summed E-state index contributed by atoms with van der Waals surface area (Å²) in [4.78, 5) is 21.8. The van der Waals surface area contributed by atoms with Crippen LogP contribution in [0.25, 0.3) is 0 Å². The summed E-state index contributed by atoms with van der Waals surface area (Å²) < 4.78 is 14.5. The normalized spacial score (nSPS) is 29.9. The number of carboxylic acids is 1. The van der Waals surface area contributed by atoms with Crippen LogP contribution >= 0.6 is 0 Å². The number of hydrogen-bond acceptors (Lipinski definition) is 5. The summed E-state index contributed by atoms with van der Waals surface area (Å²) in [5.41, 5.74) is 0. The predicted octanol–water partition coefficient (Wildman–Crippen LogP) is -0.236. The fourth-order valence-corrected chi connectivity index (χ4v) is 1.23. The third-order valence-corrected chi connectivity index (χ3v) is 1.77. The third-order valence-electron chi connectivity index (χ3n) is 1.77. The van der Waals surface area contributed by atoms with Crippen LogP contribution in [-0.4, -0.2) is 42.1 Å². The van der Waals surface area contributed by atoms with Crippen LogP contribution < -0.4 is 0 Å². The van der Waals surface area contributed by atoms with Crippen molar-refractivity contribution < 1.29 is 28.9 Å². The van der Waals surface area contributed by atoms with Crippen molar-refractivity contribution >= 4 is 11.9 Å². The maximum Gasteiger partial charge on any atom is 0.338 e. The molecule has 1 rings (SSSR count). The molecule has 0 aromatic rings. The van der Waals surface area contributed by atoms with Gasteiger partial charge in [0.1, 0.15) is 0 Å². The molecule has 6 heteroatoms. The number of methoxy groups -OCH3 is 1. The minimum Gasteiger partial charge on any atom is -0.479 e. The Morgan fingerprint density at radius 1 is 1.29 bits per heavy atom. The monoisotopic (exact) mass is 204 g/mol. The molecule has 2 unspecified atom stereocenters. The van der Waals surface area contributed by atoms with Crippen molar-refractivity contribution in [1.29, 1.82) is 0 Å². The summed E-state index contributed by atoms with van der Waals surface area (Å²) in [6, 6.07) is 0. The lowest BCUT2D eigenvalue weighted by atomic mass is 10.2. The molecule has 0 saturated carbocycles. The van der Waals surface area contributed by atoms with E-state index in [-0.39, 0.29) is 0 Å². The number of hydrogen-bond donors (Lipinski definition) is 1. The molecule has 0 spiro atoms. The van der Waals surface area contributed by atoms with E-state index in [1.807, 2.05) is 0 Å². The van der Waals surface area contributed by atoms with Crippen molar-refractivity contribution in [3.8, 4) is 0 Å². The standard InChI is InChI=1S/C8H12O6/c1-8(2)13-4(6(9)10)5(14-8)7(11)12-3/h4-5H,1-3H3,(H,9,10). The first-order valence-electron chi connectivity index (χ1n) is 4.03. The Labute approximate surface area is 80.7 Å². The highest BCUT2D eigenvalue weighted by Crippen LogP contribution is 2.28. The van der Waals surface area contributed by atoms with Gasteiger partial charge >= 0.3 is 11.9 Å². The van der Waals surface area contributed by atoms with Gasteiger partial charge in [-0.2, -0.15) is 0 Å². The molecule has 1 aliphatic heterocycles. The number of aliphatic carboxylic acids is 1. The molecule has 80 valence electrons. The molecule has 0 aromatic carbocycles. The number of carbonyl (C=O) groups is 2. The minimum absolute atomic E-state index is 0.747. The smallest absolute Gasteiger partial charge is 0.338 e. The molecule has 6 nitrogen and oxygen atoms in total. The van der Waals surface area contributed by atoms with Crippen LogP contribution in [0.2, 0.25) is 0 Å². The molecule has 2 atom stereocenters. The highest BCUT2D eigenvalue weighted by molar-refractivity contribution is 5.85. The summed E-state index contributed by atoms with van der Waals surface area (Å²) in [6.45, 7) is 3.07. The fourth-order valence-electron chi connectivity index (χ4n) is 1.23. The van der Waals surface area contributed by atoms with Crippen molar-refractivity contribution in [2.75, 3.05) is 7.11 Å². The molecule has 0 bridgehead atoms. The van der Waals surface area contributed by atoms with Gasteiger partial charge in [-0.1, -0.05) is 0 Å². The summed E-state index contributed by atoms with van der Waals surface area (Å²) in [5, 5.41) is 8.75. The summed E-state index contributed by atoms with van der Waals surface area (Å²) in [6.07, 6.45) is -2.51. The zero-order valence-electron chi connectivity index (χ0n) is 8.14. The van der Waals surface area contributed by atoms with Crippen LogP contribution in [0.15, 0.2) is 0 Å². The number of esters is 1. The summed E-state index contributed by atoms with van der Waals surface area (Å²) in [5.74, 6) is -3.07. The average molecular weight is 204 g/mol. The molecule has 0 aliphatic carbocycles. The number of carbonyl (C=O) groups excluding carboxylic acids is 1. The maximum absolute atomic E-state index is 11.1. The van der Waals surface area contributed by atoms with Crippen LogP contribution in [0.1, 0.15) is 13.8 Å². The SMILES string of the molecule is COC(=O)C1OC(C)(C)OC1C(=O)O. The topological polar surface area (TPSA) is 82.1 Å². The predicted molar refractivity (Wildman–Crippen MR) is 43.5 cm³/mol. The quantitative estimate of drug-likeness (QED) is 0.625. The lowest BCUT2D eigenvalue weighted by Gasteiger charge is -2.15. The van der Waals surface area contributed by atoms with E-state index in [1.54, 1.807) is 0 Å². The van der Waals surface area contributed by atoms with E-state index < -0.39 is 29.9 Å². The lowest BCUT2D eigenvalue weighted by Crippen LogP contribution is -2.37. The van der Waals surface area contributed by atoms with Gasteiger partial charge in [0.05, 0.1) is 7.11 Å². The van der Waals surface area contributed by atoms with Gasteiger partial charge in [-0.15, -0.1) is 0 Å². The van der Waals surface area contributed by atoms with Gasteiger partial charge in [-0.3, -0.25) is 0 Å². The highest BCUT2D eigenvalue weighted by Gasteiger charge is 2.49. The Kier molecular flexibility index (Phi) is 2.77. The Morgan fingerprint density at radius 3 is 2.21 bits per heavy atom. The van der Waals surface area contributed by atoms with Crippen LogP contribution in [-0.2, 0) is 23.8 Å². The molecule has 0 radical (unpaired) electrons. The van der Waals surface area contributed by atoms with Crippen molar-refractivity contribution in [3.05, 3.63) is 0 Å². The van der Waals surface area contributed by atoms with Gasteiger partial charge in [-0.05, 0) is 13.8 Å². The Bertz CT molecular complexity index is 259. The van der Waals surface area contributed by atoms with Gasteiger partial charge in [-0.25, -0.2) is 9.59 Å². The van der Waals surface area contributed by atoms with Gasteiger partial charge in [0.2, 0.25) is 0 Å². The number of ether oxygens (including phenoxy) is 3. The van der Waals surface area contributed by atoms with Crippen LogP contribution in [0.5, 0.6) is 0 Å². The van der Waals surface area contributed by atoms with E-state index >= 15 is 0 Å². The average Bonchev–Trinajstić information content (AvgIpc) is 2.40. The first-order valence-corrected chi connectivity index (χ1v) is 4.03. The zero-order chi connectivity index (χ0) is 10.9. The summed E-state index contributed by atoms with van der Waals surface area (Å²) >= 11 is 0. The van der Waals surface area contributed by atoms with Crippen LogP contribution in [0.3, 0.4) is 0 Å². The number of rotatable bonds is 2. The highest BCUT2D eigenvalue weighted by atomic mass is 16.8. The molecule has 14 heavy (non-hydrogen) atoms. The lowest BCUT2D eigenvalue weighted by molar-refractivity contribution is -0.170. The largest absolute Gasteiger partial charge is 0.479 e. The maximum atomic E-state index is 11.1. The Morgan fingerprint density at radius 2 is 1.79 bits per heavy atom. The van der Waals surface area contributed by atoms with E-state index in [1.165, 1.54) is 13.8 Å². The molecule has 1 saturated heterocycles. The molecule has 1 aliphatic rings. The van der Waals surface area contributed by atoms with Crippen molar-refractivity contribution in [2.24, 2.45) is 0 Å². The summed E-state index contributed by atoms with van der Waals surface area (Å²) in [7, 11) is 1.16. The van der Waals surface area contributed by atoms with Crippen LogP contribution in [0, 0.1) is 0 Å². The first-order chi connectivity index (χ1) is 6.37. The zero-order valence-corrected chi connectivity index (χ0v) is 8.14. The van der Waals surface area contributed by atoms with E-state index in [0.29, 0.717) is 0 Å². The van der Waals surface area contributed by atoms with Gasteiger partial charge < -0.3 is 19.3 Å². The van der Waals surface area contributed by atoms with E-state index in [9.17, 15) is 9.59 Å². The van der Waals surface area contributed by atoms with Gasteiger partial charge in [0.25, 0.3) is 0 Å². The molecular weight excluding hydrogens is 192 g/mol. The van der Waals surface area contributed by atoms with Gasteiger partial charge in [0.15, 0.2) is 18.0 Å². The minimum atomic E-state index is -1.31. The second kappa shape index (κ2) is 3.55. The van der Waals surface area contributed by atoms with Crippen molar-refractivity contribution in [1.82, 2.24) is 0 Å². The van der Waals surface area contributed by atoms with E-state index in [0.717, 1.165) is 7.11 Å². The van der Waals surface area contributed by atoms with Crippen molar-refractivity contribution in [2.45, 2.75) is 31.8 Å². The molecule has 1 heterocycles. The molecule has 1 N–H and O–H groups in total.